The smallest absolute Gasteiger partial charge is 0.0576 e. The van der Waals surface area contributed by atoms with Crippen LogP contribution < -0.4 is 5.32 Å². The van der Waals surface area contributed by atoms with Crippen LogP contribution in [0.5, 0.6) is 0 Å². The minimum Gasteiger partial charge on any atom is -0.378 e. The van der Waals surface area contributed by atoms with Crippen molar-refractivity contribution in [3.05, 3.63) is 0 Å². The van der Waals surface area contributed by atoms with E-state index in [9.17, 15) is 0 Å². The Hall–Kier alpha value is -0.0800. The van der Waals surface area contributed by atoms with Gasteiger partial charge in [-0.05, 0) is 56.0 Å². The Kier molecular flexibility index (Phi) is 7.38. The second-order valence-corrected chi connectivity index (χ2v) is 7.68. The molecule has 1 heterocycles. The summed E-state index contributed by atoms with van der Waals surface area (Å²) in [5.74, 6) is 1.51. The van der Waals surface area contributed by atoms with Gasteiger partial charge < -0.3 is 10.1 Å². The van der Waals surface area contributed by atoms with Crippen LogP contribution in [0.4, 0.5) is 0 Å². The Morgan fingerprint density at radius 1 is 1.21 bits per heavy atom. The molecule has 2 unspecified atom stereocenters. The van der Waals surface area contributed by atoms with Crippen LogP contribution in [0.15, 0.2) is 0 Å². The molecule has 0 aromatic rings. The van der Waals surface area contributed by atoms with Gasteiger partial charge in [-0.1, -0.05) is 41.0 Å². The lowest BCUT2D eigenvalue weighted by Gasteiger charge is -2.31. The highest BCUT2D eigenvalue weighted by molar-refractivity contribution is 4.77. The summed E-state index contributed by atoms with van der Waals surface area (Å²) >= 11 is 0. The fourth-order valence-electron chi connectivity index (χ4n) is 2.85. The second-order valence-electron chi connectivity index (χ2n) is 7.68. The Morgan fingerprint density at radius 3 is 2.47 bits per heavy atom. The first kappa shape index (κ1) is 17.0. The highest BCUT2D eigenvalue weighted by atomic mass is 16.5. The molecule has 0 aliphatic carbocycles. The molecule has 1 aliphatic rings. The molecule has 0 aromatic carbocycles. The SMILES string of the molecule is CC(C)CNCC(CCCC1CCCO1)C(C)(C)C. The van der Waals surface area contributed by atoms with Crippen LogP contribution in [0.3, 0.4) is 0 Å². The molecule has 1 fully saturated rings. The molecular weight excluding hydrogens is 234 g/mol. The first-order valence-electron chi connectivity index (χ1n) is 8.22. The lowest BCUT2D eigenvalue weighted by molar-refractivity contribution is 0.0975. The highest BCUT2D eigenvalue weighted by Crippen LogP contribution is 2.30. The van der Waals surface area contributed by atoms with Gasteiger partial charge in [0.25, 0.3) is 0 Å². The molecule has 0 amide bonds. The third-order valence-electron chi connectivity index (χ3n) is 4.27. The minimum absolute atomic E-state index is 0.403. The van der Waals surface area contributed by atoms with Gasteiger partial charge in [0.1, 0.15) is 0 Å². The molecule has 0 spiro atoms. The molecule has 114 valence electrons. The first-order chi connectivity index (χ1) is 8.89. The molecule has 0 bridgehead atoms. The van der Waals surface area contributed by atoms with Crippen molar-refractivity contribution < 1.29 is 4.74 Å². The van der Waals surface area contributed by atoms with E-state index in [1.165, 1.54) is 32.1 Å². The summed E-state index contributed by atoms with van der Waals surface area (Å²) in [6.45, 7) is 15.0. The van der Waals surface area contributed by atoms with Crippen molar-refractivity contribution in [2.45, 2.75) is 72.8 Å². The van der Waals surface area contributed by atoms with Gasteiger partial charge in [0.15, 0.2) is 0 Å². The summed E-state index contributed by atoms with van der Waals surface area (Å²) in [6, 6.07) is 0. The topological polar surface area (TPSA) is 21.3 Å². The summed E-state index contributed by atoms with van der Waals surface area (Å²) in [7, 11) is 0. The largest absolute Gasteiger partial charge is 0.378 e. The van der Waals surface area contributed by atoms with Gasteiger partial charge in [0.05, 0.1) is 6.10 Å². The first-order valence-corrected chi connectivity index (χ1v) is 8.22. The molecule has 1 N–H and O–H groups in total. The van der Waals surface area contributed by atoms with Crippen LogP contribution in [-0.4, -0.2) is 25.8 Å². The zero-order chi connectivity index (χ0) is 14.3. The maximum Gasteiger partial charge on any atom is 0.0576 e. The van der Waals surface area contributed by atoms with E-state index in [-0.39, 0.29) is 0 Å². The van der Waals surface area contributed by atoms with E-state index in [4.69, 9.17) is 4.74 Å². The van der Waals surface area contributed by atoms with Crippen LogP contribution in [0.25, 0.3) is 0 Å². The summed E-state index contributed by atoms with van der Waals surface area (Å²) in [5.41, 5.74) is 0.403. The van der Waals surface area contributed by atoms with E-state index in [1.807, 2.05) is 0 Å². The van der Waals surface area contributed by atoms with Gasteiger partial charge in [-0.25, -0.2) is 0 Å². The Balaban J connectivity index is 2.24. The average molecular weight is 269 g/mol. The van der Waals surface area contributed by atoms with Crippen LogP contribution in [0.1, 0.15) is 66.7 Å². The zero-order valence-corrected chi connectivity index (χ0v) is 13.8. The fourth-order valence-corrected chi connectivity index (χ4v) is 2.85. The monoisotopic (exact) mass is 269 g/mol. The molecular formula is C17H35NO. The van der Waals surface area contributed by atoms with E-state index in [1.54, 1.807) is 0 Å². The van der Waals surface area contributed by atoms with Crippen molar-refractivity contribution in [1.29, 1.82) is 0 Å². The predicted molar refractivity (Wildman–Crippen MR) is 83.5 cm³/mol. The minimum atomic E-state index is 0.403. The number of ether oxygens (including phenoxy) is 1. The van der Waals surface area contributed by atoms with Crippen molar-refractivity contribution in [1.82, 2.24) is 5.32 Å². The van der Waals surface area contributed by atoms with E-state index in [0.717, 1.165) is 31.5 Å². The maximum atomic E-state index is 5.72. The Bertz CT molecular complexity index is 226. The van der Waals surface area contributed by atoms with E-state index in [0.29, 0.717) is 11.5 Å². The molecule has 1 rings (SSSR count). The lowest BCUT2D eigenvalue weighted by Crippen LogP contribution is -2.33. The predicted octanol–water partition coefficient (Wildman–Crippen LogP) is 4.24. The molecule has 2 atom stereocenters. The Labute approximate surface area is 120 Å². The van der Waals surface area contributed by atoms with Gasteiger partial charge in [-0.3, -0.25) is 0 Å². The van der Waals surface area contributed by atoms with Crippen molar-refractivity contribution in [3.63, 3.8) is 0 Å². The van der Waals surface area contributed by atoms with E-state index >= 15 is 0 Å². The third kappa shape index (κ3) is 7.31. The summed E-state index contributed by atoms with van der Waals surface area (Å²) < 4.78 is 5.72. The number of rotatable bonds is 8. The van der Waals surface area contributed by atoms with Gasteiger partial charge >= 0.3 is 0 Å². The molecule has 2 nitrogen and oxygen atoms in total. The molecule has 0 saturated carbocycles. The van der Waals surface area contributed by atoms with E-state index in [2.05, 4.69) is 39.9 Å². The van der Waals surface area contributed by atoms with Crippen molar-refractivity contribution in [3.8, 4) is 0 Å². The normalized spacial score (nSPS) is 22.1. The van der Waals surface area contributed by atoms with Gasteiger partial charge in [-0.2, -0.15) is 0 Å². The van der Waals surface area contributed by atoms with Crippen molar-refractivity contribution in [2.75, 3.05) is 19.7 Å². The highest BCUT2D eigenvalue weighted by Gasteiger charge is 2.24. The number of nitrogens with one attached hydrogen (secondary N) is 1. The maximum absolute atomic E-state index is 5.72. The molecule has 1 saturated heterocycles. The van der Waals surface area contributed by atoms with Gasteiger partial charge in [0.2, 0.25) is 0 Å². The summed E-state index contributed by atoms with van der Waals surface area (Å²) in [5, 5.41) is 3.64. The van der Waals surface area contributed by atoms with Gasteiger partial charge in [-0.15, -0.1) is 0 Å². The molecule has 19 heavy (non-hydrogen) atoms. The molecule has 1 aliphatic heterocycles. The average Bonchev–Trinajstić information content (AvgIpc) is 2.78. The lowest BCUT2D eigenvalue weighted by atomic mass is 9.77. The Morgan fingerprint density at radius 2 is 1.95 bits per heavy atom. The molecule has 2 heteroatoms. The number of hydrogen-bond acceptors (Lipinski definition) is 2. The van der Waals surface area contributed by atoms with Crippen molar-refractivity contribution >= 4 is 0 Å². The summed E-state index contributed by atoms with van der Waals surface area (Å²) in [6.07, 6.45) is 7.01. The van der Waals surface area contributed by atoms with Crippen LogP contribution in [0.2, 0.25) is 0 Å². The molecule has 0 radical (unpaired) electrons. The third-order valence-corrected chi connectivity index (χ3v) is 4.27. The molecule has 0 aromatic heterocycles. The second kappa shape index (κ2) is 8.26. The van der Waals surface area contributed by atoms with Crippen LogP contribution in [-0.2, 0) is 4.74 Å². The van der Waals surface area contributed by atoms with Crippen molar-refractivity contribution in [2.24, 2.45) is 17.3 Å². The quantitative estimate of drug-likeness (QED) is 0.711. The van der Waals surface area contributed by atoms with Crippen LogP contribution in [0, 0.1) is 17.3 Å². The zero-order valence-electron chi connectivity index (χ0n) is 13.8. The summed E-state index contributed by atoms with van der Waals surface area (Å²) in [4.78, 5) is 0. The van der Waals surface area contributed by atoms with E-state index < -0.39 is 0 Å². The van der Waals surface area contributed by atoms with Crippen LogP contribution >= 0.6 is 0 Å². The fraction of sp³-hybridized carbons (Fsp3) is 1.00. The standard InChI is InChI=1S/C17H35NO/c1-14(2)12-18-13-15(17(3,4)5)8-6-9-16-10-7-11-19-16/h14-16,18H,6-13H2,1-5H3. The van der Waals surface area contributed by atoms with Gasteiger partial charge in [0, 0.05) is 6.61 Å². The number of hydrogen-bond donors (Lipinski definition) is 1.